The molecule has 0 bridgehead atoms. The van der Waals surface area contributed by atoms with Crippen LogP contribution in [0.25, 0.3) is 22.5 Å². The molecule has 0 spiro atoms. The Morgan fingerprint density at radius 2 is 1.85 bits per heavy atom. The van der Waals surface area contributed by atoms with Crippen molar-refractivity contribution in [2.45, 2.75) is 26.3 Å². The van der Waals surface area contributed by atoms with Gasteiger partial charge in [-0.05, 0) is 56.7 Å². The quantitative estimate of drug-likeness (QED) is 0.382. The van der Waals surface area contributed by atoms with E-state index in [4.69, 9.17) is 10.8 Å². The van der Waals surface area contributed by atoms with Crippen molar-refractivity contribution in [3.8, 4) is 22.5 Å². The average molecular weight is 463 g/mol. The van der Waals surface area contributed by atoms with Gasteiger partial charge in [-0.15, -0.1) is 0 Å². The summed E-state index contributed by atoms with van der Waals surface area (Å²) in [4.78, 5) is 20.6. The first-order valence-corrected chi connectivity index (χ1v) is 10.4. The molecule has 4 rings (SSSR count). The Hall–Kier alpha value is -4.34. The minimum atomic E-state index is -0.742. The highest BCUT2D eigenvalue weighted by Crippen LogP contribution is 2.33. The van der Waals surface area contributed by atoms with Crippen LogP contribution in [-0.4, -0.2) is 25.8 Å². The Kier molecular flexibility index (Phi) is 5.97. The SMILES string of the molecule is CC(C)(C)n1cc(-c2cccc(NC(=O)Nc3cc(F)ccc3F)c2)c(-c2ccnc(N)n2)n1. The zero-order valence-corrected chi connectivity index (χ0v) is 18.8. The van der Waals surface area contributed by atoms with E-state index in [1.165, 1.54) is 0 Å². The molecule has 0 aliphatic heterocycles. The molecule has 2 aromatic heterocycles. The van der Waals surface area contributed by atoms with Crippen molar-refractivity contribution in [1.29, 1.82) is 0 Å². The Morgan fingerprint density at radius 3 is 2.59 bits per heavy atom. The molecule has 8 nitrogen and oxygen atoms in total. The summed E-state index contributed by atoms with van der Waals surface area (Å²) in [6, 6.07) is 10.9. The number of hydrogen-bond acceptors (Lipinski definition) is 5. The number of carbonyl (C=O) groups is 1. The Bertz CT molecular complexity index is 1360. The van der Waals surface area contributed by atoms with Crippen LogP contribution in [0, 0.1) is 11.6 Å². The summed E-state index contributed by atoms with van der Waals surface area (Å²) in [6.07, 6.45) is 3.46. The second kappa shape index (κ2) is 8.89. The van der Waals surface area contributed by atoms with E-state index in [0.717, 1.165) is 29.3 Å². The van der Waals surface area contributed by atoms with E-state index >= 15 is 0 Å². The first-order valence-electron chi connectivity index (χ1n) is 10.4. The van der Waals surface area contributed by atoms with Crippen LogP contribution in [0.5, 0.6) is 0 Å². The molecule has 0 aliphatic rings. The van der Waals surface area contributed by atoms with Crippen LogP contribution in [0.3, 0.4) is 0 Å². The van der Waals surface area contributed by atoms with Gasteiger partial charge < -0.3 is 16.4 Å². The van der Waals surface area contributed by atoms with Gasteiger partial charge in [0.25, 0.3) is 0 Å². The number of urea groups is 1. The first kappa shape index (κ1) is 22.8. The number of nitrogens with one attached hydrogen (secondary N) is 2. The number of benzene rings is 2. The summed E-state index contributed by atoms with van der Waals surface area (Å²) in [5, 5.41) is 9.68. The topological polar surface area (TPSA) is 111 Å². The van der Waals surface area contributed by atoms with Gasteiger partial charge in [-0.1, -0.05) is 12.1 Å². The van der Waals surface area contributed by atoms with Crippen LogP contribution >= 0.6 is 0 Å². The lowest BCUT2D eigenvalue weighted by Gasteiger charge is -2.18. The number of carbonyl (C=O) groups excluding carboxylic acids is 1. The number of rotatable bonds is 4. The van der Waals surface area contributed by atoms with Gasteiger partial charge in [0.05, 0.1) is 16.9 Å². The first-order chi connectivity index (χ1) is 16.1. The summed E-state index contributed by atoms with van der Waals surface area (Å²) in [5.41, 5.74) is 8.37. The molecule has 34 heavy (non-hydrogen) atoms. The standard InChI is InChI=1S/C24H23F2N7O/c1-24(2,3)33-13-17(21(32-33)19-9-10-28-22(27)30-19)14-5-4-6-16(11-14)29-23(34)31-20-12-15(25)7-8-18(20)26/h4-13H,1-3H3,(H2,27,28,30)(H2,29,31,34). The van der Waals surface area contributed by atoms with E-state index in [-0.39, 0.29) is 17.2 Å². The molecule has 10 heteroatoms. The van der Waals surface area contributed by atoms with Crippen LogP contribution in [0.2, 0.25) is 0 Å². The molecule has 2 heterocycles. The minimum Gasteiger partial charge on any atom is -0.368 e. The number of nitrogen functional groups attached to an aromatic ring is 1. The summed E-state index contributed by atoms with van der Waals surface area (Å²) >= 11 is 0. The molecule has 0 atom stereocenters. The number of hydrogen-bond donors (Lipinski definition) is 3. The fourth-order valence-electron chi connectivity index (χ4n) is 3.27. The third-order valence-electron chi connectivity index (χ3n) is 4.93. The highest BCUT2D eigenvalue weighted by molar-refractivity contribution is 6.00. The minimum absolute atomic E-state index is 0.130. The van der Waals surface area contributed by atoms with Gasteiger partial charge in [0.1, 0.15) is 17.3 Å². The van der Waals surface area contributed by atoms with E-state index < -0.39 is 17.7 Å². The van der Waals surface area contributed by atoms with Crippen LogP contribution in [-0.2, 0) is 5.54 Å². The predicted molar refractivity (Wildman–Crippen MR) is 127 cm³/mol. The fraction of sp³-hybridized carbons (Fsp3) is 0.167. The molecule has 0 saturated heterocycles. The van der Waals surface area contributed by atoms with E-state index in [0.29, 0.717) is 17.1 Å². The maximum Gasteiger partial charge on any atom is 0.323 e. The van der Waals surface area contributed by atoms with Gasteiger partial charge >= 0.3 is 6.03 Å². The average Bonchev–Trinajstić information content (AvgIpc) is 3.23. The molecule has 0 unspecified atom stereocenters. The fourth-order valence-corrected chi connectivity index (χ4v) is 3.27. The monoisotopic (exact) mass is 463 g/mol. The molecule has 4 aromatic rings. The predicted octanol–water partition coefficient (Wildman–Crippen LogP) is 5.27. The van der Waals surface area contributed by atoms with Crippen molar-refractivity contribution < 1.29 is 13.6 Å². The van der Waals surface area contributed by atoms with Crippen LogP contribution < -0.4 is 16.4 Å². The summed E-state index contributed by atoms with van der Waals surface area (Å²) in [5.74, 6) is -1.27. The number of nitrogens with two attached hydrogens (primary N) is 1. The van der Waals surface area contributed by atoms with E-state index in [2.05, 4.69) is 20.6 Å². The molecular weight excluding hydrogens is 440 g/mol. The smallest absolute Gasteiger partial charge is 0.323 e. The lowest BCUT2D eigenvalue weighted by molar-refractivity contribution is 0.262. The van der Waals surface area contributed by atoms with E-state index in [1.54, 1.807) is 30.5 Å². The van der Waals surface area contributed by atoms with E-state index in [1.807, 2.05) is 37.7 Å². The number of nitrogens with zero attached hydrogens (tertiary/aromatic N) is 4. The van der Waals surface area contributed by atoms with Gasteiger partial charge in [-0.2, -0.15) is 5.10 Å². The molecule has 0 saturated carbocycles. The molecule has 2 amide bonds. The van der Waals surface area contributed by atoms with Crippen LogP contribution in [0.4, 0.5) is 30.9 Å². The second-order valence-electron chi connectivity index (χ2n) is 8.59. The lowest BCUT2D eigenvalue weighted by atomic mass is 10.0. The van der Waals surface area contributed by atoms with Crippen molar-refractivity contribution in [2.75, 3.05) is 16.4 Å². The summed E-state index contributed by atoms with van der Waals surface area (Å²) in [6.45, 7) is 6.07. The molecule has 2 aromatic carbocycles. The number of anilines is 3. The number of aromatic nitrogens is 4. The van der Waals surface area contributed by atoms with Gasteiger partial charge in [-0.25, -0.2) is 23.5 Å². The maximum absolute atomic E-state index is 13.8. The highest BCUT2D eigenvalue weighted by atomic mass is 19.1. The second-order valence-corrected chi connectivity index (χ2v) is 8.59. The zero-order chi connectivity index (χ0) is 24.5. The van der Waals surface area contributed by atoms with E-state index in [9.17, 15) is 13.6 Å². The van der Waals surface area contributed by atoms with Crippen molar-refractivity contribution in [1.82, 2.24) is 19.7 Å². The number of halogens is 2. The largest absolute Gasteiger partial charge is 0.368 e. The Balaban J connectivity index is 1.66. The van der Waals surface area contributed by atoms with Crippen molar-refractivity contribution in [3.63, 3.8) is 0 Å². The molecule has 174 valence electrons. The lowest BCUT2D eigenvalue weighted by Crippen LogP contribution is -2.22. The summed E-state index contributed by atoms with van der Waals surface area (Å²) in [7, 11) is 0. The van der Waals surface area contributed by atoms with Gasteiger partial charge in [0.2, 0.25) is 5.95 Å². The Labute approximate surface area is 194 Å². The molecular formula is C24H23F2N7O. The summed E-state index contributed by atoms with van der Waals surface area (Å²) < 4.78 is 29.1. The van der Waals surface area contributed by atoms with Crippen molar-refractivity contribution in [2.24, 2.45) is 0 Å². The molecule has 0 aliphatic carbocycles. The molecule has 4 N–H and O–H groups in total. The van der Waals surface area contributed by atoms with Crippen molar-refractivity contribution in [3.05, 3.63) is 72.6 Å². The van der Waals surface area contributed by atoms with Crippen LogP contribution in [0.1, 0.15) is 20.8 Å². The van der Waals surface area contributed by atoms with Gasteiger partial charge in [0.15, 0.2) is 0 Å². The maximum atomic E-state index is 13.8. The van der Waals surface area contributed by atoms with Crippen molar-refractivity contribution >= 4 is 23.4 Å². The normalized spacial score (nSPS) is 11.3. The Morgan fingerprint density at radius 1 is 1.06 bits per heavy atom. The third-order valence-corrected chi connectivity index (χ3v) is 4.93. The van der Waals surface area contributed by atoms with Gasteiger partial charge in [0, 0.05) is 29.7 Å². The van der Waals surface area contributed by atoms with Crippen LogP contribution in [0.15, 0.2) is 60.9 Å². The third kappa shape index (κ3) is 5.01. The number of amides is 2. The van der Waals surface area contributed by atoms with Gasteiger partial charge in [-0.3, -0.25) is 4.68 Å². The highest BCUT2D eigenvalue weighted by Gasteiger charge is 2.21. The molecule has 0 radical (unpaired) electrons. The molecule has 0 fully saturated rings. The zero-order valence-electron chi connectivity index (χ0n) is 18.8.